The first kappa shape index (κ1) is 25.9. The highest BCUT2D eigenvalue weighted by atomic mass is 35.5. The van der Waals surface area contributed by atoms with Crippen LogP contribution in [0.1, 0.15) is 49.2 Å². The van der Waals surface area contributed by atoms with E-state index in [0.29, 0.717) is 46.7 Å². The molecule has 4 heterocycles. The van der Waals surface area contributed by atoms with Crippen LogP contribution in [0, 0.1) is 25.2 Å². The van der Waals surface area contributed by atoms with Crippen molar-refractivity contribution in [3.05, 3.63) is 74.4 Å². The molecule has 1 saturated heterocycles. The lowest BCUT2D eigenvalue weighted by Gasteiger charge is -2.19. The van der Waals surface area contributed by atoms with Crippen LogP contribution in [0.25, 0.3) is 22.3 Å². The van der Waals surface area contributed by atoms with Crippen molar-refractivity contribution in [1.29, 1.82) is 5.26 Å². The third kappa shape index (κ3) is 5.03. The number of aryl methyl sites for hydroxylation is 1. The molecule has 1 aromatic carbocycles. The Morgan fingerprint density at radius 1 is 1.32 bits per heavy atom. The van der Waals surface area contributed by atoms with Gasteiger partial charge in [0.15, 0.2) is 16.9 Å². The predicted molar refractivity (Wildman–Crippen MR) is 144 cm³/mol. The van der Waals surface area contributed by atoms with Gasteiger partial charge in [-0.1, -0.05) is 17.7 Å². The summed E-state index contributed by atoms with van der Waals surface area (Å²) in [6.45, 7) is 10.4. The molecule has 1 fully saturated rings. The fourth-order valence-corrected chi connectivity index (χ4v) is 4.90. The standard InChI is InChI=1S/C28H28ClN5O4/c1-15-8-20(17(3)32-22-6-7-24(29)33-23(22)10-30)27-21(9-15)25(35)16(2)26(37-27)18-11-31-34(12-18)13-19-14-36-28(4,5)38-19/h6-9,11-12,17,19,32H,13-14H2,1-5H3. The largest absolute Gasteiger partial charge is 0.455 e. The Morgan fingerprint density at radius 2 is 2.11 bits per heavy atom. The minimum Gasteiger partial charge on any atom is -0.455 e. The van der Waals surface area contributed by atoms with Gasteiger partial charge in [0, 0.05) is 17.3 Å². The van der Waals surface area contributed by atoms with Crippen LogP contribution in [0.4, 0.5) is 5.69 Å². The topological polar surface area (TPSA) is 115 Å². The summed E-state index contributed by atoms with van der Waals surface area (Å²) in [7, 11) is 0. The van der Waals surface area contributed by atoms with Crippen molar-refractivity contribution in [2.24, 2.45) is 0 Å². The molecular formula is C28H28ClN5O4. The van der Waals surface area contributed by atoms with Gasteiger partial charge in [-0.05, 0) is 58.4 Å². The van der Waals surface area contributed by atoms with Gasteiger partial charge >= 0.3 is 0 Å². The van der Waals surface area contributed by atoms with E-state index < -0.39 is 5.79 Å². The van der Waals surface area contributed by atoms with Gasteiger partial charge in [-0.2, -0.15) is 10.4 Å². The molecule has 3 aromatic heterocycles. The van der Waals surface area contributed by atoms with E-state index in [9.17, 15) is 10.1 Å². The van der Waals surface area contributed by atoms with Gasteiger partial charge in [0.1, 0.15) is 28.7 Å². The van der Waals surface area contributed by atoms with Crippen molar-refractivity contribution in [2.75, 3.05) is 11.9 Å². The van der Waals surface area contributed by atoms with Crippen LogP contribution in [0.15, 0.2) is 45.9 Å². The number of aromatic nitrogens is 3. The zero-order valence-electron chi connectivity index (χ0n) is 21.8. The second-order valence-corrected chi connectivity index (χ2v) is 10.4. The van der Waals surface area contributed by atoms with E-state index in [1.807, 2.05) is 46.0 Å². The highest BCUT2D eigenvalue weighted by Gasteiger charge is 2.33. The van der Waals surface area contributed by atoms with Crippen LogP contribution in [-0.2, 0) is 16.0 Å². The summed E-state index contributed by atoms with van der Waals surface area (Å²) in [5, 5.41) is 18.0. The average molecular weight is 534 g/mol. The van der Waals surface area contributed by atoms with Crippen molar-refractivity contribution in [2.45, 2.75) is 59.1 Å². The summed E-state index contributed by atoms with van der Waals surface area (Å²) < 4.78 is 19.8. The first-order valence-electron chi connectivity index (χ1n) is 12.3. The van der Waals surface area contributed by atoms with E-state index >= 15 is 0 Å². The summed E-state index contributed by atoms with van der Waals surface area (Å²) in [5.74, 6) is -0.154. The maximum atomic E-state index is 13.5. The molecule has 1 aliphatic heterocycles. The van der Waals surface area contributed by atoms with E-state index in [0.717, 1.165) is 11.1 Å². The van der Waals surface area contributed by atoms with Crippen LogP contribution in [-0.4, -0.2) is 33.3 Å². The van der Waals surface area contributed by atoms with E-state index in [2.05, 4.69) is 21.5 Å². The Kier molecular flexibility index (Phi) is 6.73. The molecule has 10 heteroatoms. The van der Waals surface area contributed by atoms with Gasteiger partial charge in [-0.25, -0.2) is 4.98 Å². The number of anilines is 1. The molecule has 1 aliphatic rings. The van der Waals surface area contributed by atoms with E-state index in [1.165, 1.54) is 0 Å². The Labute approximate surface area is 225 Å². The molecule has 1 N–H and O–H groups in total. The summed E-state index contributed by atoms with van der Waals surface area (Å²) >= 11 is 5.96. The van der Waals surface area contributed by atoms with Crippen LogP contribution < -0.4 is 10.7 Å². The summed E-state index contributed by atoms with van der Waals surface area (Å²) in [6.07, 6.45) is 3.41. The first-order chi connectivity index (χ1) is 18.0. The molecule has 0 spiro atoms. The first-order valence-corrected chi connectivity index (χ1v) is 12.7. The number of ether oxygens (including phenoxy) is 2. The SMILES string of the molecule is Cc1cc(C(C)Nc2ccc(Cl)nc2C#N)c2oc(-c3cnn(CC4COC(C)(C)O4)c3)c(C)c(=O)c2c1. The van der Waals surface area contributed by atoms with E-state index in [-0.39, 0.29) is 28.4 Å². The van der Waals surface area contributed by atoms with Gasteiger partial charge in [0.05, 0.1) is 42.0 Å². The van der Waals surface area contributed by atoms with Crippen LogP contribution >= 0.6 is 11.6 Å². The van der Waals surface area contributed by atoms with Gasteiger partial charge < -0.3 is 19.2 Å². The maximum Gasteiger partial charge on any atom is 0.196 e. The minimum atomic E-state index is -0.613. The Balaban J connectivity index is 1.53. The number of pyridine rings is 1. The third-order valence-electron chi connectivity index (χ3n) is 6.55. The van der Waals surface area contributed by atoms with Crippen LogP contribution in [0.5, 0.6) is 0 Å². The fourth-order valence-electron chi connectivity index (χ4n) is 4.75. The zero-order chi connectivity index (χ0) is 27.2. The Morgan fingerprint density at radius 3 is 2.82 bits per heavy atom. The number of benzene rings is 1. The summed E-state index contributed by atoms with van der Waals surface area (Å²) in [5.41, 5.74) is 4.00. The molecule has 0 radical (unpaired) electrons. The molecule has 196 valence electrons. The van der Waals surface area contributed by atoms with Gasteiger partial charge in [0.2, 0.25) is 0 Å². The van der Waals surface area contributed by atoms with Crippen LogP contribution in [0.2, 0.25) is 5.15 Å². The lowest BCUT2D eigenvalue weighted by atomic mass is 9.99. The van der Waals surface area contributed by atoms with E-state index in [1.54, 1.807) is 29.9 Å². The molecule has 4 aromatic rings. The van der Waals surface area contributed by atoms with Gasteiger partial charge in [0.25, 0.3) is 0 Å². The van der Waals surface area contributed by atoms with Crippen LogP contribution in [0.3, 0.4) is 0 Å². The summed E-state index contributed by atoms with van der Waals surface area (Å²) in [4.78, 5) is 17.6. The molecular weight excluding hydrogens is 506 g/mol. The van der Waals surface area contributed by atoms with Crippen molar-refractivity contribution in [3.8, 4) is 17.4 Å². The highest BCUT2D eigenvalue weighted by molar-refractivity contribution is 6.29. The number of hydrogen-bond acceptors (Lipinski definition) is 8. The molecule has 2 atom stereocenters. The average Bonchev–Trinajstić information content (AvgIpc) is 3.47. The molecule has 0 bridgehead atoms. The Bertz CT molecular complexity index is 1630. The number of hydrogen-bond donors (Lipinski definition) is 1. The zero-order valence-corrected chi connectivity index (χ0v) is 22.6. The fraction of sp³-hybridized carbons (Fsp3) is 0.357. The minimum absolute atomic E-state index is 0.105. The van der Waals surface area contributed by atoms with Crippen molar-refractivity contribution in [3.63, 3.8) is 0 Å². The molecule has 0 amide bonds. The Hall–Kier alpha value is -3.71. The monoisotopic (exact) mass is 533 g/mol. The smallest absolute Gasteiger partial charge is 0.196 e. The number of nitrogens with one attached hydrogen (secondary N) is 1. The number of rotatable bonds is 6. The number of halogens is 1. The lowest BCUT2D eigenvalue weighted by molar-refractivity contribution is -0.139. The molecule has 2 unspecified atom stereocenters. The molecule has 0 saturated carbocycles. The van der Waals surface area contributed by atoms with Gasteiger partial charge in [-0.3, -0.25) is 9.48 Å². The second kappa shape index (κ2) is 9.87. The van der Waals surface area contributed by atoms with Crippen molar-refractivity contribution < 1.29 is 13.9 Å². The van der Waals surface area contributed by atoms with Crippen molar-refractivity contribution in [1.82, 2.24) is 14.8 Å². The quantitative estimate of drug-likeness (QED) is 0.322. The van der Waals surface area contributed by atoms with E-state index in [4.69, 9.17) is 25.5 Å². The lowest BCUT2D eigenvalue weighted by Crippen LogP contribution is -2.24. The van der Waals surface area contributed by atoms with Crippen molar-refractivity contribution >= 4 is 28.3 Å². The third-order valence-corrected chi connectivity index (χ3v) is 6.76. The predicted octanol–water partition coefficient (Wildman–Crippen LogP) is 5.52. The maximum absolute atomic E-state index is 13.5. The number of nitriles is 1. The number of fused-ring (bicyclic) bond motifs is 1. The normalized spacial score (nSPS) is 17.4. The van der Waals surface area contributed by atoms with Gasteiger partial charge in [-0.15, -0.1) is 0 Å². The molecule has 0 aliphatic carbocycles. The summed E-state index contributed by atoms with van der Waals surface area (Å²) in [6, 6.07) is 8.89. The highest BCUT2D eigenvalue weighted by Crippen LogP contribution is 2.33. The second-order valence-electron chi connectivity index (χ2n) is 10.0. The molecule has 38 heavy (non-hydrogen) atoms. The number of nitrogens with zero attached hydrogens (tertiary/aromatic N) is 4. The molecule has 9 nitrogen and oxygen atoms in total. The molecule has 5 rings (SSSR count).